The lowest BCUT2D eigenvalue weighted by molar-refractivity contribution is -0.548. The van der Waals surface area contributed by atoms with Gasteiger partial charge in [0, 0.05) is 30.3 Å². The first-order valence-corrected chi connectivity index (χ1v) is 10.6. The smallest absolute Gasteiger partial charge is 0.208 e. The average Bonchev–Trinajstić information content (AvgIpc) is 2.95. The SMILES string of the molecule is C(NNC1=NCCCCC1)=C1CC/C(=C\c2ccccc2)C1=[N+]1CCOCC1. The molecule has 3 aliphatic rings. The van der Waals surface area contributed by atoms with Gasteiger partial charge in [0.25, 0.3) is 0 Å². The summed E-state index contributed by atoms with van der Waals surface area (Å²) in [6.07, 6.45) is 11.4. The van der Waals surface area contributed by atoms with E-state index < -0.39 is 0 Å². The molecular formula is C23H31N4O+. The monoisotopic (exact) mass is 379 g/mol. The van der Waals surface area contributed by atoms with E-state index >= 15 is 0 Å². The van der Waals surface area contributed by atoms with Crippen LogP contribution < -0.4 is 10.9 Å². The highest BCUT2D eigenvalue weighted by Crippen LogP contribution is 2.29. The normalized spacial score (nSPS) is 23.6. The summed E-state index contributed by atoms with van der Waals surface area (Å²) in [7, 11) is 0. The molecule has 2 fully saturated rings. The van der Waals surface area contributed by atoms with Crippen LogP contribution in [0.25, 0.3) is 6.08 Å². The molecule has 0 unspecified atom stereocenters. The second-order valence-corrected chi connectivity index (χ2v) is 7.61. The molecule has 1 aliphatic carbocycles. The number of hydrazine groups is 1. The van der Waals surface area contributed by atoms with Crippen LogP contribution in [0, 0.1) is 0 Å². The topological polar surface area (TPSA) is 48.7 Å². The average molecular weight is 380 g/mol. The van der Waals surface area contributed by atoms with Gasteiger partial charge in [-0.05, 0) is 37.3 Å². The standard InChI is InChI=1S/C23H30N4O/c1-3-7-19(8-4-1)17-20-10-11-21(23(20)27-13-15-28-16-14-27)18-25-26-22-9-5-2-6-12-24-22/h1,3-4,7-8,17-18H,2,5-6,9-16H2,(H,24,26)/p+1/b20-17+. The molecule has 1 saturated heterocycles. The van der Waals surface area contributed by atoms with Crippen molar-refractivity contribution in [3.05, 3.63) is 53.2 Å². The predicted octanol–water partition coefficient (Wildman–Crippen LogP) is 3.30. The van der Waals surface area contributed by atoms with E-state index in [4.69, 9.17) is 4.74 Å². The second-order valence-electron chi connectivity index (χ2n) is 7.61. The molecule has 4 rings (SSSR count). The Labute approximate surface area is 167 Å². The highest BCUT2D eigenvalue weighted by Gasteiger charge is 2.31. The van der Waals surface area contributed by atoms with Gasteiger partial charge in [0.05, 0.1) is 0 Å². The van der Waals surface area contributed by atoms with Crippen molar-refractivity contribution in [2.45, 2.75) is 38.5 Å². The molecule has 0 aromatic heterocycles. The van der Waals surface area contributed by atoms with Crippen LogP contribution in [0.15, 0.2) is 52.7 Å². The van der Waals surface area contributed by atoms with Crippen molar-refractivity contribution in [2.75, 3.05) is 32.8 Å². The van der Waals surface area contributed by atoms with Crippen LogP contribution in [-0.2, 0) is 4.74 Å². The maximum atomic E-state index is 5.58. The molecular weight excluding hydrogens is 348 g/mol. The summed E-state index contributed by atoms with van der Waals surface area (Å²) >= 11 is 0. The molecule has 2 aliphatic heterocycles. The van der Waals surface area contributed by atoms with Crippen molar-refractivity contribution in [3.63, 3.8) is 0 Å². The zero-order valence-electron chi connectivity index (χ0n) is 16.6. The van der Waals surface area contributed by atoms with E-state index in [9.17, 15) is 0 Å². The number of hydrogen-bond donors (Lipinski definition) is 2. The summed E-state index contributed by atoms with van der Waals surface area (Å²) in [6.45, 7) is 4.46. The van der Waals surface area contributed by atoms with E-state index in [2.05, 4.69) is 63.0 Å². The molecule has 2 N–H and O–H groups in total. The van der Waals surface area contributed by atoms with E-state index in [1.165, 1.54) is 41.7 Å². The lowest BCUT2D eigenvalue weighted by Gasteiger charge is -2.15. The molecule has 0 spiro atoms. The van der Waals surface area contributed by atoms with Crippen molar-refractivity contribution < 1.29 is 9.31 Å². The van der Waals surface area contributed by atoms with Gasteiger partial charge in [-0.1, -0.05) is 36.8 Å². The lowest BCUT2D eigenvalue weighted by atomic mass is 10.1. The molecule has 28 heavy (non-hydrogen) atoms. The van der Waals surface area contributed by atoms with Gasteiger partial charge in [-0.15, -0.1) is 0 Å². The van der Waals surface area contributed by atoms with Crippen LogP contribution in [0.2, 0.25) is 0 Å². The van der Waals surface area contributed by atoms with E-state index in [1.54, 1.807) is 0 Å². The van der Waals surface area contributed by atoms with Crippen LogP contribution in [0.5, 0.6) is 0 Å². The Morgan fingerprint density at radius 3 is 2.61 bits per heavy atom. The summed E-state index contributed by atoms with van der Waals surface area (Å²) < 4.78 is 8.07. The molecule has 2 heterocycles. The fraction of sp³-hybridized carbons (Fsp3) is 0.478. The number of ether oxygens (including phenoxy) is 1. The zero-order chi connectivity index (χ0) is 19.0. The van der Waals surface area contributed by atoms with Crippen LogP contribution in [0.3, 0.4) is 0 Å². The van der Waals surface area contributed by atoms with Gasteiger partial charge in [0.1, 0.15) is 19.0 Å². The third-order valence-electron chi connectivity index (χ3n) is 5.58. The van der Waals surface area contributed by atoms with Gasteiger partial charge < -0.3 is 10.2 Å². The van der Waals surface area contributed by atoms with Gasteiger partial charge in [-0.2, -0.15) is 0 Å². The first kappa shape index (κ1) is 18.9. The van der Waals surface area contributed by atoms with Gasteiger partial charge in [-0.3, -0.25) is 10.4 Å². The number of aliphatic imine (C=N–C) groups is 1. The Hall–Kier alpha value is -2.40. The maximum Gasteiger partial charge on any atom is 0.208 e. The molecule has 148 valence electrons. The predicted molar refractivity (Wildman–Crippen MR) is 115 cm³/mol. The summed E-state index contributed by atoms with van der Waals surface area (Å²) in [5, 5.41) is 0. The number of nitrogens with zero attached hydrogens (tertiary/aromatic N) is 2. The summed E-state index contributed by atoms with van der Waals surface area (Å²) in [6, 6.07) is 10.6. The van der Waals surface area contributed by atoms with Gasteiger partial charge >= 0.3 is 0 Å². The summed E-state index contributed by atoms with van der Waals surface area (Å²) in [5.41, 5.74) is 12.1. The summed E-state index contributed by atoms with van der Waals surface area (Å²) in [4.78, 5) is 4.64. The second kappa shape index (κ2) is 9.69. The minimum absolute atomic E-state index is 0.803. The van der Waals surface area contributed by atoms with E-state index in [0.29, 0.717) is 0 Å². The highest BCUT2D eigenvalue weighted by molar-refractivity contribution is 6.14. The van der Waals surface area contributed by atoms with Crippen LogP contribution >= 0.6 is 0 Å². The van der Waals surface area contributed by atoms with Crippen LogP contribution in [0.4, 0.5) is 0 Å². The molecule has 0 atom stereocenters. The van der Waals surface area contributed by atoms with Crippen LogP contribution in [-0.4, -0.2) is 49.0 Å². The zero-order valence-corrected chi connectivity index (χ0v) is 16.6. The van der Waals surface area contributed by atoms with E-state index in [1.807, 2.05) is 0 Å². The minimum Gasteiger partial charge on any atom is -0.368 e. The molecule has 0 bridgehead atoms. The Morgan fingerprint density at radius 2 is 1.75 bits per heavy atom. The number of morpholine rings is 1. The molecule has 0 radical (unpaired) electrons. The van der Waals surface area contributed by atoms with Gasteiger partial charge in [0.15, 0.2) is 13.1 Å². The molecule has 0 amide bonds. The van der Waals surface area contributed by atoms with Crippen molar-refractivity contribution in [1.29, 1.82) is 0 Å². The molecule has 1 aromatic carbocycles. The maximum absolute atomic E-state index is 5.58. The number of allylic oxidation sites excluding steroid dienone is 2. The Bertz CT molecular complexity index is 784. The van der Waals surface area contributed by atoms with Gasteiger partial charge in [-0.25, -0.2) is 4.58 Å². The number of hydrogen-bond acceptors (Lipinski definition) is 4. The fourth-order valence-electron chi connectivity index (χ4n) is 4.12. The largest absolute Gasteiger partial charge is 0.368 e. The van der Waals surface area contributed by atoms with E-state index in [-0.39, 0.29) is 0 Å². The quantitative estimate of drug-likeness (QED) is 0.626. The van der Waals surface area contributed by atoms with E-state index in [0.717, 1.165) is 57.9 Å². The van der Waals surface area contributed by atoms with Crippen molar-refractivity contribution in [1.82, 2.24) is 10.9 Å². The molecule has 5 nitrogen and oxygen atoms in total. The Morgan fingerprint density at radius 1 is 0.929 bits per heavy atom. The van der Waals surface area contributed by atoms with Gasteiger partial charge in [0.2, 0.25) is 5.71 Å². The minimum atomic E-state index is 0.803. The Kier molecular flexibility index (Phi) is 6.56. The number of benzene rings is 1. The number of amidine groups is 1. The first-order valence-electron chi connectivity index (χ1n) is 10.6. The molecule has 5 heteroatoms. The summed E-state index contributed by atoms with van der Waals surface area (Å²) in [5.74, 6) is 1.08. The first-order chi connectivity index (χ1) is 13.9. The third-order valence-corrected chi connectivity index (χ3v) is 5.58. The van der Waals surface area contributed by atoms with Crippen molar-refractivity contribution in [2.24, 2.45) is 4.99 Å². The fourth-order valence-corrected chi connectivity index (χ4v) is 4.12. The number of nitrogens with one attached hydrogen (secondary N) is 2. The van der Waals surface area contributed by atoms with Crippen molar-refractivity contribution in [3.8, 4) is 0 Å². The third kappa shape index (κ3) is 4.90. The lowest BCUT2D eigenvalue weighted by Crippen LogP contribution is -2.36. The van der Waals surface area contributed by atoms with Crippen molar-refractivity contribution >= 4 is 17.6 Å². The van der Waals surface area contributed by atoms with Crippen LogP contribution in [0.1, 0.15) is 44.1 Å². The highest BCUT2D eigenvalue weighted by atomic mass is 16.5. The number of rotatable bonds is 3. The molecule has 1 saturated carbocycles. The molecule has 1 aromatic rings. The Balaban J connectivity index is 1.54.